The van der Waals surface area contributed by atoms with E-state index in [0.717, 1.165) is 11.3 Å². The van der Waals surface area contributed by atoms with Gasteiger partial charge < -0.3 is 15.3 Å². The molecule has 0 saturated heterocycles. The summed E-state index contributed by atoms with van der Waals surface area (Å²) in [5, 5.41) is 11.8. The molecule has 2 N–H and O–H groups in total. The van der Waals surface area contributed by atoms with Crippen molar-refractivity contribution in [1.29, 1.82) is 0 Å². The van der Waals surface area contributed by atoms with Crippen LogP contribution in [0.25, 0.3) is 0 Å². The summed E-state index contributed by atoms with van der Waals surface area (Å²) in [5.41, 5.74) is 3.11. The second kappa shape index (κ2) is 5.68. The van der Waals surface area contributed by atoms with Crippen LogP contribution < -0.4 is 5.32 Å². The lowest BCUT2D eigenvalue weighted by molar-refractivity contribution is 0.166. The summed E-state index contributed by atoms with van der Waals surface area (Å²) in [6.45, 7) is 5.78. The minimum Gasteiger partial charge on any atom is -0.394 e. The topological polar surface area (TPSA) is 52.6 Å². The van der Waals surface area contributed by atoms with E-state index >= 15 is 0 Å². The van der Waals surface area contributed by atoms with Crippen LogP contribution >= 0.6 is 0 Å². The molecule has 1 aromatic carbocycles. The summed E-state index contributed by atoms with van der Waals surface area (Å²) < 4.78 is 0. The monoisotopic (exact) mass is 236 g/mol. The number of rotatable bonds is 3. The van der Waals surface area contributed by atoms with Gasteiger partial charge in [-0.1, -0.05) is 6.07 Å². The molecule has 1 atom stereocenters. The van der Waals surface area contributed by atoms with Crippen molar-refractivity contribution >= 4 is 11.7 Å². The third-order valence-electron chi connectivity index (χ3n) is 3.00. The van der Waals surface area contributed by atoms with Gasteiger partial charge in [0.05, 0.1) is 12.6 Å². The largest absolute Gasteiger partial charge is 0.394 e. The Morgan fingerprint density at radius 1 is 1.41 bits per heavy atom. The van der Waals surface area contributed by atoms with Crippen molar-refractivity contribution in [1.82, 2.24) is 4.90 Å². The minimum absolute atomic E-state index is 0.0448. The molecule has 4 nitrogen and oxygen atoms in total. The molecule has 4 heteroatoms. The molecule has 2 amide bonds. The third-order valence-corrected chi connectivity index (χ3v) is 3.00. The molecular formula is C13H20N2O2. The Kier molecular flexibility index (Phi) is 4.52. The van der Waals surface area contributed by atoms with Gasteiger partial charge in [0.1, 0.15) is 0 Å². The fraction of sp³-hybridized carbons (Fsp3) is 0.462. The number of urea groups is 1. The van der Waals surface area contributed by atoms with Crippen molar-refractivity contribution in [3.05, 3.63) is 29.3 Å². The van der Waals surface area contributed by atoms with Gasteiger partial charge in [0.25, 0.3) is 0 Å². The highest BCUT2D eigenvalue weighted by Gasteiger charge is 2.14. The molecule has 0 spiro atoms. The van der Waals surface area contributed by atoms with Gasteiger partial charge in [-0.05, 0) is 44.0 Å². The molecule has 17 heavy (non-hydrogen) atoms. The highest BCUT2D eigenvalue weighted by atomic mass is 16.3. The van der Waals surface area contributed by atoms with Crippen LogP contribution in [0.5, 0.6) is 0 Å². The first-order valence-corrected chi connectivity index (χ1v) is 5.67. The third kappa shape index (κ3) is 3.46. The van der Waals surface area contributed by atoms with Gasteiger partial charge in [-0.15, -0.1) is 0 Å². The smallest absolute Gasteiger partial charge is 0.321 e. The van der Waals surface area contributed by atoms with Gasteiger partial charge in [0.15, 0.2) is 0 Å². The molecule has 0 fully saturated rings. The molecule has 0 aliphatic carbocycles. The molecule has 1 rings (SSSR count). The molecule has 0 aliphatic rings. The molecule has 94 valence electrons. The molecule has 0 heterocycles. The van der Waals surface area contributed by atoms with E-state index in [2.05, 4.69) is 5.32 Å². The van der Waals surface area contributed by atoms with Crippen molar-refractivity contribution in [2.45, 2.75) is 26.8 Å². The predicted molar refractivity (Wildman–Crippen MR) is 69.2 cm³/mol. The Labute approximate surface area is 102 Å². The fourth-order valence-electron chi connectivity index (χ4n) is 1.35. The Balaban J connectivity index is 2.71. The number of likely N-dealkylation sites (N-methyl/N-ethyl adjacent to an activating group) is 1. The Morgan fingerprint density at radius 2 is 2.06 bits per heavy atom. The van der Waals surface area contributed by atoms with Crippen molar-refractivity contribution in [3.63, 3.8) is 0 Å². The number of benzene rings is 1. The molecule has 1 aromatic rings. The number of carbonyl (C=O) groups excluding carboxylic acids is 1. The highest BCUT2D eigenvalue weighted by molar-refractivity contribution is 5.89. The van der Waals surface area contributed by atoms with Gasteiger partial charge >= 0.3 is 6.03 Å². The zero-order valence-electron chi connectivity index (χ0n) is 10.8. The first kappa shape index (κ1) is 13.5. The summed E-state index contributed by atoms with van der Waals surface area (Å²) in [4.78, 5) is 13.3. The van der Waals surface area contributed by atoms with E-state index in [-0.39, 0.29) is 18.7 Å². The van der Waals surface area contributed by atoms with Crippen LogP contribution in [-0.2, 0) is 0 Å². The van der Waals surface area contributed by atoms with Gasteiger partial charge in [0, 0.05) is 12.7 Å². The number of nitrogens with one attached hydrogen (secondary N) is 1. The van der Waals surface area contributed by atoms with E-state index in [1.807, 2.05) is 32.0 Å². The van der Waals surface area contributed by atoms with Crippen LogP contribution in [0.15, 0.2) is 18.2 Å². The molecule has 0 radical (unpaired) electrons. The number of aliphatic hydroxyl groups excluding tert-OH is 1. The number of hydrogen-bond acceptors (Lipinski definition) is 2. The number of anilines is 1. The van der Waals surface area contributed by atoms with Crippen LogP contribution in [0.2, 0.25) is 0 Å². The van der Waals surface area contributed by atoms with E-state index in [0.29, 0.717) is 0 Å². The fourth-order valence-corrected chi connectivity index (χ4v) is 1.35. The molecule has 0 aromatic heterocycles. The Hall–Kier alpha value is -1.55. The Morgan fingerprint density at radius 3 is 2.59 bits per heavy atom. The average molecular weight is 236 g/mol. The second-order valence-electron chi connectivity index (χ2n) is 4.37. The van der Waals surface area contributed by atoms with Crippen LogP contribution in [-0.4, -0.2) is 35.7 Å². The maximum atomic E-state index is 11.8. The molecule has 0 saturated carbocycles. The first-order valence-electron chi connectivity index (χ1n) is 5.67. The van der Waals surface area contributed by atoms with E-state index in [4.69, 9.17) is 5.11 Å². The lowest BCUT2D eigenvalue weighted by atomic mass is 10.1. The summed E-state index contributed by atoms with van der Waals surface area (Å²) in [6, 6.07) is 5.37. The predicted octanol–water partition coefficient (Wildman–Crippen LogP) is 2.15. The number of aryl methyl sites for hydroxylation is 2. The lowest BCUT2D eigenvalue weighted by Crippen LogP contribution is -2.40. The Bertz CT molecular complexity index is 404. The van der Waals surface area contributed by atoms with E-state index in [9.17, 15) is 4.79 Å². The van der Waals surface area contributed by atoms with Crippen LogP contribution in [0.1, 0.15) is 18.1 Å². The number of carbonyl (C=O) groups is 1. The summed E-state index contributed by atoms with van der Waals surface area (Å²) >= 11 is 0. The normalized spacial score (nSPS) is 12.1. The molecular weight excluding hydrogens is 216 g/mol. The van der Waals surface area contributed by atoms with Gasteiger partial charge in [-0.2, -0.15) is 0 Å². The number of hydrogen-bond donors (Lipinski definition) is 2. The summed E-state index contributed by atoms with van der Waals surface area (Å²) in [6.07, 6.45) is 0. The lowest BCUT2D eigenvalue weighted by Gasteiger charge is -2.23. The van der Waals surface area contributed by atoms with E-state index in [1.54, 1.807) is 14.0 Å². The van der Waals surface area contributed by atoms with Crippen molar-refractivity contribution in [2.24, 2.45) is 0 Å². The minimum atomic E-state index is -0.213. The van der Waals surface area contributed by atoms with Crippen LogP contribution in [0.3, 0.4) is 0 Å². The van der Waals surface area contributed by atoms with Gasteiger partial charge in [-0.25, -0.2) is 4.79 Å². The zero-order chi connectivity index (χ0) is 13.0. The maximum absolute atomic E-state index is 11.8. The number of nitrogens with zero attached hydrogens (tertiary/aromatic N) is 1. The van der Waals surface area contributed by atoms with Crippen molar-refractivity contribution in [2.75, 3.05) is 19.0 Å². The number of amides is 2. The van der Waals surface area contributed by atoms with Crippen molar-refractivity contribution in [3.8, 4) is 0 Å². The quantitative estimate of drug-likeness (QED) is 0.845. The summed E-state index contributed by atoms with van der Waals surface area (Å²) in [7, 11) is 1.66. The van der Waals surface area contributed by atoms with Crippen LogP contribution in [0, 0.1) is 13.8 Å². The highest BCUT2D eigenvalue weighted by Crippen LogP contribution is 2.14. The maximum Gasteiger partial charge on any atom is 0.321 e. The molecule has 0 aliphatic heterocycles. The first-order chi connectivity index (χ1) is 7.95. The van der Waals surface area contributed by atoms with Crippen LogP contribution in [0.4, 0.5) is 10.5 Å². The second-order valence-corrected chi connectivity index (χ2v) is 4.37. The van der Waals surface area contributed by atoms with Gasteiger partial charge in [0.2, 0.25) is 0 Å². The van der Waals surface area contributed by atoms with Crippen molar-refractivity contribution < 1.29 is 9.90 Å². The average Bonchev–Trinajstić information content (AvgIpc) is 2.31. The van der Waals surface area contributed by atoms with E-state index in [1.165, 1.54) is 10.5 Å². The zero-order valence-corrected chi connectivity index (χ0v) is 10.8. The standard InChI is InChI=1S/C13H20N2O2/c1-9-5-6-12(7-10(9)2)14-13(17)15(4)11(3)8-16/h5-7,11,16H,8H2,1-4H3,(H,14,17). The number of aliphatic hydroxyl groups is 1. The molecule has 1 unspecified atom stereocenters. The molecule has 0 bridgehead atoms. The SMILES string of the molecule is Cc1ccc(NC(=O)N(C)C(C)CO)cc1C. The van der Waals surface area contributed by atoms with E-state index < -0.39 is 0 Å². The van der Waals surface area contributed by atoms with Gasteiger partial charge in [-0.3, -0.25) is 0 Å². The summed E-state index contributed by atoms with van der Waals surface area (Å²) in [5.74, 6) is 0.